The SMILES string of the molecule is CCOC(=O)C(C(=O)C1(SCc2ccc(OC)cc2)CCC(=O)CC1)c1ccc(C)cc1C.Cc1ccc(C2=C(O)C3(CCC(=O)CC3)SC2=O)c(C)c1. The first kappa shape index (κ1) is 41.0. The van der Waals surface area contributed by atoms with Crippen molar-refractivity contribution in [2.24, 2.45) is 0 Å². The highest BCUT2D eigenvalue weighted by atomic mass is 32.2. The molecule has 2 aliphatic carbocycles. The Hall–Kier alpha value is -4.15. The number of carbonyl (C=O) groups excluding carboxylic acids is 5. The quantitative estimate of drug-likeness (QED) is 0.158. The summed E-state index contributed by atoms with van der Waals surface area (Å²) in [6, 6.07) is 19.4. The number of carbonyl (C=O) groups is 5. The van der Waals surface area contributed by atoms with Gasteiger partial charge in [-0.15, -0.1) is 11.8 Å². The molecular weight excluding hydrogens is 721 g/mol. The number of benzene rings is 3. The zero-order valence-electron chi connectivity index (χ0n) is 32.0. The van der Waals surface area contributed by atoms with Crippen molar-refractivity contribution in [2.75, 3.05) is 13.7 Å². The van der Waals surface area contributed by atoms with Gasteiger partial charge in [-0.25, -0.2) is 0 Å². The molecule has 3 aromatic carbocycles. The lowest BCUT2D eigenvalue weighted by atomic mass is 9.77. The van der Waals surface area contributed by atoms with E-state index in [1.54, 1.807) is 14.0 Å². The van der Waals surface area contributed by atoms with Crippen LogP contribution in [0.1, 0.15) is 103 Å². The zero-order valence-corrected chi connectivity index (χ0v) is 33.7. The number of ether oxygens (including phenoxy) is 2. The summed E-state index contributed by atoms with van der Waals surface area (Å²) in [5, 5.41) is 10.6. The van der Waals surface area contributed by atoms with Gasteiger partial charge >= 0.3 is 5.97 Å². The van der Waals surface area contributed by atoms with E-state index in [9.17, 15) is 29.1 Å². The van der Waals surface area contributed by atoms with Crippen molar-refractivity contribution in [3.63, 3.8) is 0 Å². The molecule has 3 aromatic rings. The van der Waals surface area contributed by atoms with E-state index >= 15 is 0 Å². The maximum absolute atomic E-state index is 14.1. The molecule has 2 saturated carbocycles. The van der Waals surface area contributed by atoms with Gasteiger partial charge in [0.2, 0.25) is 5.12 Å². The number of ketones is 3. The van der Waals surface area contributed by atoms with Gasteiger partial charge in [-0.1, -0.05) is 71.4 Å². The summed E-state index contributed by atoms with van der Waals surface area (Å²) < 4.78 is 9.20. The van der Waals surface area contributed by atoms with Crippen molar-refractivity contribution in [1.29, 1.82) is 0 Å². The summed E-state index contributed by atoms with van der Waals surface area (Å²) in [7, 11) is 1.62. The fourth-order valence-electron chi connectivity index (χ4n) is 7.56. The molecule has 1 atom stereocenters. The number of aliphatic hydroxyl groups excluding tert-OH is 1. The summed E-state index contributed by atoms with van der Waals surface area (Å²) in [5.41, 5.74) is 7.08. The second kappa shape index (κ2) is 17.5. The number of aryl methyl sites for hydroxylation is 4. The van der Waals surface area contributed by atoms with E-state index < -0.39 is 21.4 Å². The average Bonchev–Trinajstić information content (AvgIpc) is 3.38. The van der Waals surface area contributed by atoms with E-state index in [2.05, 4.69) is 0 Å². The molecular formula is C44H50O8S2. The number of thioether (sulfide) groups is 2. The zero-order chi connectivity index (χ0) is 39.2. The summed E-state index contributed by atoms with van der Waals surface area (Å²) in [6.45, 7) is 9.81. The molecule has 54 heavy (non-hydrogen) atoms. The fourth-order valence-corrected chi connectivity index (χ4v) is 10.2. The molecule has 6 rings (SSSR count). The molecule has 0 amide bonds. The number of rotatable bonds is 10. The molecule has 0 saturated heterocycles. The number of hydrogen-bond acceptors (Lipinski definition) is 10. The third-order valence-electron chi connectivity index (χ3n) is 10.7. The first-order chi connectivity index (χ1) is 25.7. The molecule has 1 unspecified atom stereocenters. The van der Waals surface area contributed by atoms with Crippen LogP contribution in [0.15, 0.2) is 66.4 Å². The predicted molar refractivity (Wildman–Crippen MR) is 215 cm³/mol. The fraction of sp³-hybridized carbons (Fsp3) is 0.432. The molecule has 1 heterocycles. The van der Waals surface area contributed by atoms with Crippen LogP contribution in [0.5, 0.6) is 5.75 Å². The first-order valence-electron chi connectivity index (χ1n) is 18.6. The Morgan fingerprint density at radius 2 is 1.39 bits per heavy atom. The Morgan fingerprint density at radius 1 is 0.815 bits per heavy atom. The Balaban J connectivity index is 0.000000228. The highest BCUT2D eigenvalue weighted by Gasteiger charge is 2.50. The molecule has 286 valence electrons. The van der Waals surface area contributed by atoms with E-state index in [4.69, 9.17) is 9.47 Å². The number of methoxy groups -OCH3 is 1. The van der Waals surface area contributed by atoms with Crippen LogP contribution in [0.2, 0.25) is 0 Å². The van der Waals surface area contributed by atoms with Crippen molar-refractivity contribution < 1.29 is 38.6 Å². The van der Waals surface area contributed by atoms with Gasteiger partial charge in [0.05, 0.1) is 28.8 Å². The molecule has 1 aliphatic heterocycles. The number of esters is 1. The second-order valence-electron chi connectivity index (χ2n) is 14.5. The summed E-state index contributed by atoms with van der Waals surface area (Å²) in [5.74, 6) is 0.278. The largest absolute Gasteiger partial charge is 0.510 e. The maximum Gasteiger partial charge on any atom is 0.321 e. The number of Topliss-reactive ketones (excluding diaryl/α,β-unsaturated/α-hetero) is 3. The van der Waals surface area contributed by atoms with E-state index in [1.807, 2.05) is 88.4 Å². The van der Waals surface area contributed by atoms with E-state index in [1.165, 1.54) is 23.5 Å². The second-order valence-corrected chi connectivity index (χ2v) is 17.3. The van der Waals surface area contributed by atoms with Crippen LogP contribution < -0.4 is 4.74 Å². The Bertz CT molecular complexity index is 1940. The third kappa shape index (κ3) is 9.03. The number of aliphatic hydroxyl groups is 1. The summed E-state index contributed by atoms with van der Waals surface area (Å²) in [4.78, 5) is 63.2. The predicted octanol–water partition coefficient (Wildman–Crippen LogP) is 9.07. The van der Waals surface area contributed by atoms with Gasteiger partial charge in [0.25, 0.3) is 0 Å². The summed E-state index contributed by atoms with van der Waals surface area (Å²) >= 11 is 2.74. The molecule has 0 aromatic heterocycles. The van der Waals surface area contributed by atoms with Gasteiger partial charge in [-0.2, -0.15) is 0 Å². The van der Waals surface area contributed by atoms with Gasteiger partial charge < -0.3 is 14.6 Å². The van der Waals surface area contributed by atoms with Crippen LogP contribution >= 0.6 is 23.5 Å². The highest BCUT2D eigenvalue weighted by molar-refractivity contribution is 8.16. The van der Waals surface area contributed by atoms with Gasteiger partial charge in [-0.05, 0) is 100 Å². The maximum atomic E-state index is 14.1. The van der Waals surface area contributed by atoms with Crippen LogP contribution in [0, 0.1) is 27.7 Å². The molecule has 0 radical (unpaired) electrons. The molecule has 2 fully saturated rings. The van der Waals surface area contributed by atoms with Crippen LogP contribution in [-0.2, 0) is 34.5 Å². The smallest absolute Gasteiger partial charge is 0.321 e. The minimum Gasteiger partial charge on any atom is -0.510 e. The normalized spacial score (nSPS) is 18.2. The number of hydrogen-bond donors (Lipinski definition) is 1. The highest BCUT2D eigenvalue weighted by Crippen LogP contribution is 2.53. The average molecular weight is 771 g/mol. The van der Waals surface area contributed by atoms with Gasteiger partial charge in [0, 0.05) is 31.4 Å². The van der Waals surface area contributed by atoms with Crippen molar-refractivity contribution in [3.8, 4) is 5.75 Å². The minimum absolute atomic E-state index is 0.0752. The minimum atomic E-state index is -0.998. The molecule has 8 nitrogen and oxygen atoms in total. The standard InChI is InChI=1S/C27H32O5S.C17H18O3S/c1-5-32-26(30)24(23-11-6-18(2)16-19(23)3)25(29)27(14-12-21(28)13-15-27)33-17-20-7-9-22(31-4)10-8-20;1-10-3-4-13(11(2)9-10)14-15(19)17(21-16(14)20)7-5-12(18)6-8-17/h6-11,16,24H,5,12-15,17H2,1-4H3;3-4,9,19H,5-8H2,1-2H3. The molecule has 1 spiro atoms. The van der Waals surface area contributed by atoms with E-state index in [-0.39, 0.29) is 34.8 Å². The van der Waals surface area contributed by atoms with Crippen LogP contribution in [-0.4, -0.2) is 56.8 Å². The van der Waals surface area contributed by atoms with E-state index in [0.717, 1.165) is 39.1 Å². The Morgan fingerprint density at radius 3 is 1.94 bits per heavy atom. The molecule has 10 heteroatoms. The van der Waals surface area contributed by atoms with E-state index in [0.29, 0.717) is 68.3 Å². The monoisotopic (exact) mass is 770 g/mol. The Labute approximate surface area is 326 Å². The van der Waals surface area contributed by atoms with Gasteiger partial charge in [0.15, 0.2) is 5.78 Å². The van der Waals surface area contributed by atoms with Crippen molar-refractivity contribution in [3.05, 3.63) is 105 Å². The lowest BCUT2D eigenvalue weighted by molar-refractivity contribution is -0.148. The molecule has 3 aliphatic rings. The third-order valence-corrected chi connectivity index (χ3v) is 13.7. The molecule has 0 bridgehead atoms. The lowest BCUT2D eigenvalue weighted by Crippen LogP contribution is -2.45. The molecule has 1 N–H and O–H groups in total. The van der Waals surface area contributed by atoms with Gasteiger partial charge in [-0.3, -0.25) is 24.0 Å². The van der Waals surface area contributed by atoms with Crippen molar-refractivity contribution in [2.45, 2.75) is 107 Å². The topological polar surface area (TPSA) is 124 Å². The van der Waals surface area contributed by atoms with Crippen LogP contribution in [0.25, 0.3) is 5.57 Å². The summed E-state index contributed by atoms with van der Waals surface area (Å²) in [6.07, 6.45) is 3.59. The van der Waals surface area contributed by atoms with Crippen molar-refractivity contribution in [1.82, 2.24) is 0 Å². The van der Waals surface area contributed by atoms with Gasteiger partial charge in [0.1, 0.15) is 29.0 Å². The first-order valence-corrected chi connectivity index (χ1v) is 20.4. The Kier molecular flexibility index (Phi) is 13.3. The van der Waals surface area contributed by atoms with Crippen LogP contribution in [0.4, 0.5) is 0 Å². The van der Waals surface area contributed by atoms with Crippen molar-refractivity contribution >= 4 is 57.5 Å². The van der Waals surface area contributed by atoms with Crippen LogP contribution in [0.3, 0.4) is 0 Å². The lowest BCUT2D eigenvalue weighted by Gasteiger charge is -2.37.